The normalized spacial score (nSPS) is 11.5. The number of rotatable bonds is 2. The molecule has 0 unspecified atom stereocenters. The predicted molar refractivity (Wildman–Crippen MR) is 97.7 cm³/mol. The Kier molecular flexibility index (Phi) is 3.47. The molecule has 3 heterocycles. The summed E-state index contributed by atoms with van der Waals surface area (Å²) < 4.78 is 8.40. The largest absolute Gasteiger partial charge is 0.507 e. The lowest BCUT2D eigenvalue weighted by atomic mass is 10.1. The van der Waals surface area contributed by atoms with Gasteiger partial charge in [-0.25, -0.2) is 4.79 Å². The van der Waals surface area contributed by atoms with E-state index in [4.69, 9.17) is 4.42 Å². The second kappa shape index (κ2) is 5.59. The summed E-state index contributed by atoms with van der Waals surface area (Å²) in [4.78, 5) is 24.8. The molecule has 0 saturated carbocycles. The van der Waals surface area contributed by atoms with Crippen LogP contribution in [0, 0.1) is 13.8 Å². The third kappa shape index (κ3) is 2.32. The van der Waals surface area contributed by atoms with Gasteiger partial charge >= 0.3 is 5.63 Å². The zero-order valence-electron chi connectivity index (χ0n) is 14.6. The Hall–Kier alpha value is -3.35. The molecule has 0 saturated heterocycles. The molecular weight excluding hydrogens is 334 g/mol. The molecule has 132 valence electrons. The second-order valence-corrected chi connectivity index (χ2v) is 6.44. The molecule has 3 aromatic heterocycles. The van der Waals surface area contributed by atoms with Gasteiger partial charge in [0.2, 0.25) is 0 Å². The number of aromatic nitrogens is 3. The van der Waals surface area contributed by atoms with E-state index in [1.54, 1.807) is 23.2 Å². The van der Waals surface area contributed by atoms with Crippen LogP contribution in [0.4, 0.5) is 0 Å². The highest BCUT2D eigenvalue weighted by atomic mass is 16.4. The van der Waals surface area contributed by atoms with Gasteiger partial charge in [-0.15, -0.1) is 0 Å². The van der Waals surface area contributed by atoms with Gasteiger partial charge in [0.15, 0.2) is 5.58 Å². The maximum Gasteiger partial charge on any atom is 0.339 e. The van der Waals surface area contributed by atoms with E-state index in [2.05, 4.69) is 5.10 Å². The van der Waals surface area contributed by atoms with E-state index in [9.17, 15) is 14.7 Å². The predicted octanol–water partition coefficient (Wildman–Crippen LogP) is 2.21. The molecule has 7 heteroatoms. The van der Waals surface area contributed by atoms with Gasteiger partial charge in [0.05, 0.1) is 23.7 Å². The number of fused-ring (bicyclic) bond motifs is 3. The van der Waals surface area contributed by atoms with Crippen LogP contribution in [-0.2, 0) is 13.6 Å². The fraction of sp³-hybridized carbons (Fsp3) is 0.211. The monoisotopic (exact) mass is 351 g/mol. The van der Waals surface area contributed by atoms with Crippen molar-refractivity contribution in [3.8, 4) is 5.75 Å². The summed E-state index contributed by atoms with van der Waals surface area (Å²) in [5, 5.41) is 15.1. The Labute approximate surface area is 147 Å². The standard InChI is InChI=1S/C19H17N3O4/c1-10-4-6-12(7-5-10)9-22-18-15(11(2)20-21(18)3)17-16(19(22)25)13(23)8-14(24)26-17/h4-8,23H,9H2,1-3H3. The highest BCUT2D eigenvalue weighted by molar-refractivity contribution is 6.04. The van der Waals surface area contributed by atoms with Crippen molar-refractivity contribution in [2.45, 2.75) is 20.4 Å². The zero-order valence-corrected chi connectivity index (χ0v) is 14.6. The van der Waals surface area contributed by atoms with Gasteiger partial charge in [-0.05, 0) is 19.4 Å². The lowest BCUT2D eigenvalue weighted by molar-refractivity contribution is 0.467. The van der Waals surface area contributed by atoms with Crippen molar-refractivity contribution in [3.63, 3.8) is 0 Å². The van der Waals surface area contributed by atoms with Crippen LogP contribution in [-0.4, -0.2) is 19.5 Å². The molecule has 26 heavy (non-hydrogen) atoms. The van der Waals surface area contributed by atoms with Crippen LogP contribution in [0.1, 0.15) is 16.8 Å². The van der Waals surface area contributed by atoms with Crippen LogP contribution in [0.25, 0.3) is 22.0 Å². The lowest BCUT2D eigenvalue weighted by Crippen LogP contribution is -2.23. The van der Waals surface area contributed by atoms with E-state index in [1.165, 1.54) is 0 Å². The Morgan fingerprint density at radius 1 is 1.12 bits per heavy atom. The number of benzene rings is 1. The van der Waals surface area contributed by atoms with E-state index < -0.39 is 11.2 Å². The number of aromatic hydroxyl groups is 1. The SMILES string of the molecule is Cc1ccc(Cn2c(=O)c3c(O)cc(=O)oc3c3c(C)nn(C)c32)cc1. The van der Waals surface area contributed by atoms with Crippen LogP contribution in [0.2, 0.25) is 0 Å². The maximum absolute atomic E-state index is 13.1. The van der Waals surface area contributed by atoms with E-state index in [-0.39, 0.29) is 16.7 Å². The Morgan fingerprint density at radius 2 is 1.81 bits per heavy atom. The molecule has 0 aliphatic rings. The molecule has 7 nitrogen and oxygen atoms in total. The number of hydrogen-bond acceptors (Lipinski definition) is 5. The molecule has 0 aliphatic heterocycles. The molecule has 0 fully saturated rings. The number of nitrogens with zero attached hydrogens (tertiary/aromatic N) is 3. The minimum absolute atomic E-state index is 0.0136. The van der Waals surface area contributed by atoms with E-state index in [1.807, 2.05) is 31.2 Å². The summed E-state index contributed by atoms with van der Waals surface area (Å²) >= 11 is 0. The van der Waals surface area contributed by atoms with E-state index in [0.29, 0.717) is 23.3 Å². The Bertz CT molecular complexity index is 1280. The first-order chi connectivity index (χ1) is 12.4. The van der Waals surface area contributed by atoms with Gasteiger partial charge in [-0.2, -0.15) is 5.10 Å². The summed E-state index contributed by atoms with van der Waals surface area (Å²) in [5.74, 6) is -0.385. The summed E-state index contributed by atoms with van der Waals surface area (Å²) in [6.07, 6.45) is 0. The van der Waals surface area contributed by atoms with E-state index >= 15 is 0 Å². The molecule has 1 aromatic carbocycles. The average Bonchev–Trinajstić information content (AvgIpc) is 2.87. The first-order valence-electron chi connectivity index (χ1n) is 8.15. The lowest BCUT2D eigenvalue weighted by Gasteiger charge is -2.12. The number of aryl methyl sites for hydroxylation is 3. The smallest absolute Gasteiger partial charge is 0.339 e. The van der Waals surface area contributed by atoms with Gasteiger partial charge in [0, 0.05) is 7.05 Å². The quantitative estimate of drug-likeness (QED) is 0.598. The molecular formula is C19H17N3O4. The molecule has 4 rings (SSSR count). The van der Waals surface area contributed by atoms with Crippen molar-refractivity contribution in [1.82, 2.24) is 14.3 Å². The van der Waals surface area contributed by atoms with Crippen LogP contribution in [0.5, 0.6) is 5.75 Å². The van der Waals surface area contributed by atoms with Gasteiger partial charge in [0.1, 0.15) is 16.8 Å². The van der Waals surface area contributed by atoms with Gasteiger partial charge in [0.25, 0.3) is 5.56 Å². The fourth-order valence-electron chi connectivity index (χ4n) is 3.34. The van der Waals surface area contributed by atoms with Crippen LogP contribution in [0.15, 0.2) is 44.3 Å². The molecule has 0 amide bonds. The maximum atomic E-state index is 13.1. The second-order valence-electron chi connectivity index (χ2n) is 6.44. The summed E-state index contributed by atoms with van der Waals surface area (Å²) in [6, 6.07) is 8.77. The van der Waals surface area contributed by atoms with E-state index in [0.717, 1.165) is 17.2 Å². The van der Waals surface area contributed by atoms with Gasteiger partial charge in [-0.1, -0.05) is 29.8 Å². The third-order valence-electron chi connectivity index (χ3n) is 4.54. The molecule has 0 aliphatic carbocycles. The molecule has 0 bridgehead atoms. The molecule has 0 atom stereocenters. The summed E-state index contributed by atoms with van der Waals surface area (Å²) in [6.45, 7) is 4.07. The Morgan fingerprint density at radius 3 is 2.50 bits per heavy atom. The zero-order chi connectivity index (χ0) is 18.6. The minimum atomic E-state index is -0.713. The van der Waals surface area contributed by atoms with Crippen LogP contribution < -0.4 is 11.2 Å². The fourth-order valence-corrected chi connectivity index (χ4v) is 3.34. The molecule has 0 radical (unpaired) electrons. The number of pyridine rings is 1. The first kappa shape index (κ1) is 16.1. The minimum Gasteiger partial charge on any atom is -0.507 e. The Balaban J connectivity index is 2.14. The van der Waals surface area contributed by atoms with Crippen LogP contribution in [0.3, 0.4) is 0 Å². The van der Waals surface area contributed by atoms with Crippen molar-refractivity contribution >= 4 is 22.0 Å². The molecule has 4 aromatic rings. The summed E-state index contributed by atoms with van der Waals surface area (Å²) in [7, 11) is 1.73. The number of hydrogen-bond donors (Lipinski definition) is 1. The topological polar surface area (TPSA) is 90.3 Å². The van der Waals surface area contributed by atoms with Gasteiger partial charge < -0.3 is 9.52 Å². The highest BCUT2D eigenvalue weighted by Crippen LogP contribution is 2.29. The van der Waals surface area contributed by atoms with Crippen molar-refractivity contribution in [2.75, 3.05) is 0 Å². The van der Waals surface area contributed by atoms with Crippen molar-refractivity contribution < 1.29 is 9.52 Å². The van der Waals surface area contributed by atoms with Crippen molar-refractivity contribution in [2.24, 2.45) is 7.05 Å². The molecule has 1 N–H and O–H groups in total. The highest BCUT2D eigenvalue weighted by Gasteiger charge is 2.21. The van der Waals surface area contributed by atoms with Crippen molar-refractivity contribution in [1.29, 1.82) is 0 Å². The first-order valence-corrected chi connectivity index (χ1v) is 8.15. The summed E-state index contributed by atoms with van der Waals surface area (Å²) in [5.41, 5.74) is 2.14. The average molecular weight is 351 g/mol. The van der Waals surface area contributed by atoms with Crippen molar-refractivity contribution in [3.05, 3.63) is 67.9 Å². The molecule has 0 spiro atoms. The third-order valence-corrected chi connectivity index (χ3v) is 4.54. The van der Waals surface area contributed by atoms with Crippen LogP contribution >= 0.6 is 0 Å². The van der Waals surface area contributed by atoms with Gasteiger partial charge in [-0.3, -0.25) is 14.0 Å².